The molecule has 2 aromatic carbocycles. The molecule has 1 aromatic heterocycles. The lowest BCUT2D eigenvalue weighted by molar-refractivity contribution is -0.132. The summed E-state index contributed by atoms with van der Waals surface area (Å²) in [5.41, 5.74) is 2.62. The summed E-state index contributed by atoms with van der Waals surface area (Å²) >= 11 is 5.32. The molecule has 0 radical (unpaired) electrons. The molecule has 0 bridgehead atoms. The Morgan fingerprint density at radius 3 is 2.45 bits per heavy atom. The van der Waals surface area contributed by atoms with Crippen molar-refractivity contribution in [2.75, 3.05) is 14.2 Å². The molecule has 1 heterocycles. The zero-order chi connectivity index (χ0) is 21.0. The first kappa shape index (κ1) is 20.3. The van der Waals surface area contributed by atoms with Crippen molar-refractivity contribution in [3.05, 3.63) is 52.3 Å². The van der Waals surface area contributed by atoms with Crippen LogP contribution in [0.2, 0.25) is 0 Å². The van der Waals surface area contributed by atoms with E-state index in [9.17, 15) is 4.79 Å². The number of hydrogen-bond acceptors (Lipinski definition) is 7. The number of H-pyrrole nitrogens is 1. The second-order valence-electron chi connectivity index (χ2n) is 6.07. The number of carbonyl (C=O) groups is 1. The van der Waals surface area contributed by atoms with Gasteiger partial charge in [0.05, 0.1) is 20.4 Å². The monoisotopic (exact) mass is 412 g/mol. The Kier molecular flexibility index (Phi) is 6.08. The van der Waals surface area contributed by atoms with Crippen molar-refractivity contribution in [1.82, 2.24) is 14.9 Å². The number of hydrogen-bond donors (Lipinski definition) is 1. The van der Waals surface area contributed by atoms with Crippen LogP contribution in [0.4, 0.5) is 0 Å². The third-order valence-electron chi connectivity index (χ3n) is 4.09. The van der Waals surface area contributed by atoms with Gasteiger partial charge in [-0.15, -0.1) is 0 Å². The summed E-state index contributed by atoms with van der Waals surface area (Å²) in [5.74, 6) is 1.02. The molecule has 0 aliphatic heterocycles. The summed E-state index contributed by atoms with van der Waals surface area (Å²) in [6.07, 6.45) is 1.59. The van der Waals surface area contributed by atoms with E-state index in [0.717, 1.165) is 11.1 Å². The van der Waals surface area contributed by atoms with Gasteiger partial charge in [-0.05, 0) is 36.8 Å². The van der Waals surface area contributed by atoms with Gasteiger partial charge in [0.25, 0.3) is 0 Å². The Bertz CT molecular complexity index is 1110. The molecule has 0 saturated carbocycles. The fourth-order valence-electron chi connectivity index (χ4n) is 2.74. The van der Waals surface area contributed by atoms with Gasteiger partial charge in [0, 0.05) is 18.1 Å². The molecule has 0 aliphatic rings. The minimum Gasteiger partial charge on any atom is -0.493 e. The van der Waals surface area contributed by atoms with Gasteiger partial charge < -0.3 is 14.2 Å². The highest BCUT2D eigenvalue weighted by Crippen LogP contribution is 2.38. The van der Waals surface area contributed by atoms with Crippen molar-refractivity contribution in [1.29, 1.82) is 0 Å². The van der Waals surface area contributed by atoms with Crippen LogP contribution >= 0.6 is 12.2 Å². The molecule has 3 aromatic rings. The fraction of sp³-hybridized carbons (Fsp3) is 0.200. The average molecular weight is 412 g/mol. The standard InChI is InChI=1S/C20H20N4O4S/c1-12-7-5-6-8-15(12)19-22-23-20(29)24(19)21-11-14-9-16(26-3)18(28-13(2)25)17(10-14)27-4/h5-11H,1-4H3,(H,23,29)/b21-11+. The van der Waals surface area contributed by atoms with Crippen LogP contribution in [0.25, 0.3) is 11.4 Å². The molecule has 150 valence electrons. The van der Waals surface area contributed by atoms with Crippen molar-refractivity contribution >= 4 is 24.4 Å². The summed E-state index contributed by atoms with van der Waals surface area (Å²) in [5, 5.41) is 11.5. The Morgan fingerprint density at radius 2 is 1.86 bits per heavy atom. The van der Waals surface area contributed by atoms with Crippen LogP contribution in [0.3, 0.4) is 0 Å². The predicted octanol–water partition coefficient (Wildman–Crippen LogP) is 3.74. The van der Waals surface area contributed by atoms with Gasteiger partial charge in [-0.25, -0.2) is 5.10 Å². The minimum absolute atomic E-state index is 0.208. The number of aryl methyl sites for hydroxylation is 1. The van der Waals surface area contributed by atoms with Crippen molar-refractivity contribution < 1.29 is 19.0 Å². The highest BCUT2D eigenvalue weighted by atomic mass is 32.1. The van der Waals surface area contributed by atoms with Crippen LogP contribution in [0.1, 0.15) is 18.1 Å². The number of nitrogens with one attached hydrogen (secondary N) is 1. The van der Waals surface area contributed by atoms with Crippen molar-refractivity contribution in [3.63, 3.8) is 0 Å². The van der Waals surface area contributed by atoms with Crippen LogP contribution in [0.5, 0.6) is 17.2 Å². The number of benzene rings is 2. The van der Waals surface area contributed by atoms with Crippen LogP contribution in [-0.4, -0.2) is 41.3 Å². The number of ether oxygens (including phenoxy) is 3. The van der Waals surface area contributed by atoms with Gasteiger partial charge in [-0.1, -0.05) is 24.3 Å². The second kappa shape index (κ2) is 8.70. The van der Waals surface area contributed by atoms with E-state index in [1.54, 1.807) is 18.3 Å². The third kappa shape index (κ3) is 4.35. The molecule has 0 unspecified atom stereocenters. The summed E-state index contributed by atoms with van der Waals surface area (Å²) in [6, 6.07) is 11.2. The normalized spacial score (nSPS) is 10.9. The molecule has 0 aliphatic carbocycles. The number of esters is 1. The van der Waals surface area contributed by atoms with Crippen molar-refractivity contribution in [2.45, 2.75) is 13.8 Å². The Hall–Kier alpha value is -3.46. The average Bonchev–Trinajstić information content (AvgIpc) is 3.07. The quantitative estimate of drug-likeness (QED) is 0.287. The molecular formula is C20H20N4O4S. The van der Waals surface area contributed by atoms with Crippen LogP contribution in [0, 0.1) is 11.7 Å². The maximum atomic E-state index is 11.4. The number of rotatable bonds is 6. The minimum atomic E-state index is -0.476. The first-order valence-corrected chi connectivity index (χ1v) is 9.07. The first-order chi connectivity index (χ1) is 13.9. The summed E-state index contributed by atoms with van der Waals surface area (Å²) in [7, 11) is 2.95. The molecule has 0 amide bonds. The molecule has 3 rings (SSSR count). The van der Waals surface area contributed by atoms with E-state index in [1.165, 1.54) is 25.8 Å². The molecular weight excluding hydrogens is 392 g/mol. The Labute approximate surface area is 172 Å². The third-order valence-corrected chi connectivity index (χ3v) is 4.35. The van der Waals surface area contributed by atoms with Gasteiger partial charge in [0.1, 0.15) is 0 Å². The number of nitrogens with zero attached hydrogens (tertiary/aromatic N) is 3. The van der Waals surface area contributed by atoms with Crippen LogP contribution in [0.15, 0.2) is 41.5 Å². The summed E-state index contributed by atoms with van der Waals surface area (Å²) in [4.78, 5) is 11.4. The van der Waals surface area contributed by atoms with E-state index in [0.29, 0.717) is 27.7 Å². The molecule has 0 atom stereocenters. The van der Waals surface area contributed by atoms with E-state index in [1.807, 2.05) is 31.2 Å². The maximum Gasteiger partial charge on any atom is 0.308 e. The maximum absolute atomic E-state index is 11.4. The Morgan fingerprint density at radius 1 is 1.21 bits per heavy atom. The number of carbonyl (C=O) groups excluding carboxylic acids is 1. The molecule has 0 spiro atoms. The number of aromatic nitrogens is 3. The first-order valence-electron chi connectivity index (χ1n) is 8.66. The predicted molar refractivity (Wildman–Crippen MR) is 111 cm³/mol. The highest BCUT2D eigenvalue weighted by Gasteiger charge is 2.16. The van der Waals surface area contributed by atoms with Gasteiger partial charge in [-0.2, -0.15) is 14.9 Å². The molecule has 9 heteroatoms. The number of methoxy groups -OCH3 is 2. The largest absolute Gasteiger partial charge is 0.493 e. The number of aromatic amines is 1. The van der Waals surface area contributed by atoms with Crippen molar-refractivity contribution in [2.24, 2.45) is 5.10 Å². The van der Waals surface area contributed by atoms with E-state index in [2.05, 4.69) is 15.3 Å². The lowest BCUT2D eigenvalue weighted by atomic mass is 10.1. The molecule has 29 heavy (non-hydrogen) atoms. The lowest BCUT2D eigenvalue weighted by Crippen LogP contribution is -2.05. The van der Waals surface area contributed by atoms with Crippen LogP contribution in [-0.2, 0) is 4.79 Å². The molecule has 0 saturated heterocycles. The smallest absolute Gasteiger partial charge is 0.308 e. The SMILES string of the molecule is COc1cc(/C=N/n2c(-c3ccccc3C)n[nH]c2=S)cc(OC)c1OC(C)=O. The van der Waals surface area contributed by atoms with E-state index in [-0.39, 0.29) is 5.75 Å². The topological polar surface area (TPSA) is 90.7 Å². The molecule has 0 fully saturated rings. The molecule has 8 nitrogen and oxygen atoms in total. The van der Waals surface area contributed by atoms with E-state index >= 15 is 0 Å². The zero-order valence-electron chi connectivity index (χ0n) is 16.4. The van der Waals surface area contributed by atoms with E-state index < -0.39 is 5.97 Å². The van der Waals surface area contributed by atoms with Gasteiger partial charge in [-0.3, -0.25) is 4.79 Å². The lowest BCUT2D eigenvalue weighted by Gasteiger charge is -2.13. The zero-order valence-corrected chi connectivity index (χ0v) is 17.2. The van der Waals surface area contributed by atoms with Gasteiger partial charge in [0.15, 0.2) is 17.3 Å². The second-order valence-corrected chi connectivity index (χ2v) is 6.46. The highest BCUT2D eigenvalue weighted by molar-refractivity contribution is 7.71. The van der Waals surface area contributed by atoms with Gasteiger partial charge in [0.2, 0.25) is 10.5 Å². The van der Waals surface area contributed by atoms with Crippen LogP contribution < -0.4 is 14.2 Å². The van der Waals surface area contributed by atoms with E-state index in [4.69, 9.17) is 26.4 Å². The van der Waals surface area contributed by atoms with Crippen molar-refractivity contribution in [3.8, 4) is 28.6 Å². The molecule has 1 N–H and O–H groups in total. The summed E-state index contributed by atoms with van der Waals surface area (Å²) < 4.78 is 17.8. The van der Waals surface area contributed by atoms with Gasteiger partial charge >= 0.3 is 5.97 Å². The summed E-state index contributed by atoms with van der Waals surface area (Å²) in [6.45, 7) is 3.30. The fourth-order valence-corrected chi connectivity index (χ4v) is 2.92. The Balaban J connectivity index is 2.03.